The first-order valence-corrected chi connectivity index (χ1v) is 6.89. The van der Waals surface area contributed by atoms with Gasteiger partial charge in [-0.2, -0.15) is 5.10 Å². The molecule has 0 fully saturated rings. The van der Waals surface area contributed by atoms with Crippen LogP contribution in [0.15, 0.2) is 4.47 Å². The molecule has 0 saturated carbocycles. The largest absolute Gasteiger partial charge is 0.296 e. The third-order valence-corrected chi connectivity index (χ3v) is 3.78. The van der Waals surface area contributed by atoms with E-state index < -0.39 is 0 Å². The Morgan fingerprint density at radius 1 is 1.44 bits per heavy atom. The van der Waals surface area contributed by atoms with E-state index in [0.29, 0.717) is 5.88 Å². The van der Waals surface area contributed by atoms with E-state index >= 15 is 0 Å². The van der Waals surface area contributed by atoms with Gasteiger partial charge < -0.3 is 0 Å². The van der Waals surface area contributed by atoms with E-state index in [4.69, 9.17) is 11.6 Å². The van der Waals surface area contributed by atoms with Gasteiger partial charge in [-0.05, 0) is 35.8 Å². The molecular weight excluding hydrogens is 289 g/mol. The monoisotopic (exact) mass is 307 g/mol. The summed E-state index contributed by atoms with van der Waals surface area (Å²) in [4.78, 5) is 2.36. The average Bonchev–Trinajstić information content (AvgIpc) is 2.46. The lowest BCUT2D eigenvalue weighted by atomic mass is 10.3. The van der Waals surface area contributed by atoms with Crippen LogP contribution in [-0.4, -0.2) is 33.6 Å². The second-order valence-corrected chi connectivity index (χ2v) is 5.11. The zero-order chi connectivity index (χ0) is 12.1. The van der Waals surface area contributed by atoms with Crippen molar-refractivity contribution in [3.8, 4) is 0 Å². The van der Waals surface area contributed by atoms with Gasteiger partial charge in [0.25, 0.3) is 0 Å². The van der Waals surface area contributed by atoms with Crippen molar-refractivity contribution < 1.29 is 0 Å². The van der Waals surface area contributed by atoms with Crippen LogP contribution in [0.2, 0.25) is 0 Å². The summed E-state index contributed by atoms with van der Waals surface area (Å²) in [5.74, 6) is 0.675. The second kappa shape index (κ2) is 6.62. The number of hydrogen-bond acceptors (Lipinski definition) is 2. The molecule has 1 heterocycles. The van der Waals surface area contributed by atoms with E-state index in [9.17, 15) is 0 Å². The summed E-state index contributed by atoms with van der Waals surface area (Å²) in [5, 5.41) is 4.39. The lowest BCUT2D eigenvalue weighted by Crippen LogP contribution is -2.27. The number of alkyl halides is 1. The van der Waals surface area contributed by atoms with Gasteiger partial charge in [-0.15, -0.1) is 11.6 Å². The molecule has 0 spiro atoms. The van der Waals surface area contributed by atoms with Crippen LogP contribution < -0.4 is 0 Å². The Kier molecular flexibility index (Phi) is 5.79. The second-order valence-electron chi connectivity index (χ2n) is 3.93. The Morgan fingerprint density at radius 2 is 2.12 bits per heavy atom. The molecule has 16 heavy (non-hydrogen) atoms. The third kappa shape index (κ3) is 3.47. The molecule has 0 N–H and O–H groups in total. The fourth-order valence-electron chi connectivity index (χ4n) is 1.77. The van der Waals surface area contributed by atoms with Crippen molar-refractivity contribution in [3.63, 3.8) is 0 Å². The van der Waals surface area contributed by atoms with Gasteiger partial charge in [0.1, 0.15) is 0 Å². The first-order valence-electron chi connectivity index (χ1n) is 5.56. The first kappa shape index (κ1) is 14.0. The molecule has 1 aromatic heterocycles. The molecule has 1 aromatic rings. The molecule has 0 saturated heterocycles. The summed E-state index contributed by atoms with van der Waals surface area (Å²) in [6.07, 6.45) is 1.14. The van der Waals surface area contributed by atoms with Crippen molar-refractivity contribution in [1.82, 2.24) is 14.7 Å². The highest BCUT2D eigenvalue weighted by molar-refractivity contribution is 9.10. The van der Waals surface area contributed by atoms with Crippen LogP contribution in [0, 0.1) is 6.92 Å². The molecule has 0 aliphatic carbocycles. The fraction of sp³-hybridized carbons (Fsp3) is 0.727. The van der Waals surface area contributed by atoms with Crippen molar-refractivity contribution in [2.75, 3.05) is 19.0 Å². The predicted molar refractivity (Wildman–Crippen MR) is 71.9 cm³/mol. The molecule has 0 radical (unpaired) electrons. The van der Waals surface area contributed by atoms with E-state index in [1.165, 1.54) is 5.69 Å². The van der Waals surface area contributed by atoms with Crippen LogP contribution in [0.5, 0.6) is 0 Å². The SMILES string of the molecule is CCCN(CCCl)Cc1c(Br)c(C)nn1C. The minimum absolute atomic E-state index is 0.675. The van der Waals surface area contributed by atoms with Gasteiger partial charge in [-0.25, -0.2) is 0 Å². The molecule has 0 amide bonds. The Hall–Kier alpha value is -0.0600. The summed E-state index contributed by atoms with van der Waals surface area (Å²) in [6.45, 7) is 7.10. The highest BCUT2D eigenvalue weighted by Gasteiger charge is 2.13. The zero-order valence-corrected chi connectivity index (χ0v) is 12.5. The van der Waals surface area contributed by atoms with Crippen LogP contribution in [-0.2, 0) is 13.6 Å². The number of nitrogens with zero attached hydrogens (tertiary/aromatic N) is 3. The van der Waals surface area contributed by atoms with Gasteiger partial charge in [-0.1, -0.05) is 6.92 Å². The minimum Gasteiger partial charge on any atom is -0.296 e. The van der Waals surface area contributed by atoms with Gasteiger partial charge in [0.2, 0.25) is 0 Å². The van der Waals surface area contributed by atoms with Crippen LogP contribution in [0.25, 0.3) is 0 Å². The van der Waals surface area contributed by atoms with Crippen LogP contribution in [0.4, 0.5) is 0 Å². The number of hydrogen-bond donors (Lipinski definition) is 0. The van der Waals surface area contributed by atoms with Gasteiger partial charge in [0.05, 0.1) is 15.9 Å². The normalized spacial score (nSPS) is 11.4. The van der Waals surface area contributed by atoms with E-state index in [2.05, 4.69) is 32.9 Å². The number of halogens is 2. The molecule has 92 valence electrons. The van der Waals surface area contributed by atoms with E-state index in [1.54, 1.807) is 0 Å². The third-order valence-electron chi connectivity index (χ3n) is 2.58. The Labute approximate surface area is 111 Å². The highest BCUT2D eigenvalue weighted by Crippen LogP contribution is 2.21. The van der Waals surface area contributed by atoms with Gasteiger partial charge >= 0.3 is 0 Å². The van der Waals surface area contributed by atoms with E-state index in [-0.39, 0.29) is 0 Å². The Balaban J connectivity index is 2.76. The standard InChI is InChI=1S/C11H19BrClN3/c1-4-6-16(7-5-13)8-10-11(12)9(2)14-15(10)3/h4-8H2,1-3H3. The van der Waals surface area contributed by atoms with Crippen molar-refractivity contribution in [1.29, 1.82) is 0 Å². The average molecular weight is 309 g/mol. The molecule has 5 heteroatoms. The van der Waals surface area contributed by atoms with Gasteiger partial charge in [0, 0.05) is 26.0 Å². The van der Waals surface area contributed by atoms with Gasteiger partial charge in [0.15, 0.2) is 0 Å². The van der Waals surface area contributed by atoms with Crippen LogP contribution >= 0.6 is 27.5 Å². The molecule has 1 rings (SSSR count). The van der Waals surface area contributed by atoms with Crippen LogP contribution in [0.3, 0.4) is 0 Å². The highest BCUT2D eigenvalue weighted by atomic mass is 79.9. The Morgan fingerprint density at radius 3 is 2.56 bits per heavy atom. The molecule has 0 atom stereocenters. The maximum Gasteiger partial charge on any atom is 0.0739 e. The van der Waals surface area contributed by atoms with E-state index in [1.807, 2.05) is 18.7 Å². The quantitative estimate of drug-likeness (QED) is 0.753. The Bertz CT molecular complexity index is 332. The van der Waals surface area contributed by atoms with Crippen molar-refractivity contribution in [2.45, 2.75) is 26.8 Å². The summed E-state index contributed by atoms with van der Waals surface area (Å²) in [7, 11) is 1.98. The number of aromatic nitrogens is 2. The fourth-order valence-corrected chi connectivity index (χ4v) is 2.47. The maximum absolute atomic E-state index is 5.81. The van der Waals surface area contributed by atoms with Crippen molar-refractivity contribution >= 4 is 27.5 Å². The van der Waals surface area contributed by atoms with E-state index in [0.717, 1.165) is 36.2 Å². The lowest BCUT2D eigenvalue weighted by molar-refractivity contribution is 0.274. The summed E-state index contributed by atoms with van der Waals surface area (Å²) in [5.41, 5.74) is 2.26. The van der Waals surface area contributed by atoms with Crippen molar-refractivity contribution in [3.05, 3.63) is 15.9 Å². The molecule has 0 aliphatic heterocycles. The topological polar surface area (TPSA) is 21.1 Å². The summed E-state index contributed by atoms with van der Waals surface area (Å²) in [6, 6.07) is 0. The molecule has 0 aromatic carbocycles. The predicted octanol–water partition coefficient (Wildman–Crippen LogP) is 2.94. The lowest BCUT2D eigenvalue weighted by Gasteiger charge is -2.20. The molecule has 0 bridgehead atoms. The maximum atomic E-state index is 5.81. The minimum atomic E-state index is 0.675. The van der Waals surface area contributed by atoms with Crippen molar-refractivity contribution in [2.24, 2.45) is 7.05 Å². The molecule has 3 nitrogen and oxygen atoms in total. The smallest absolute Gasteiger partial charge is 0.0739 e. The summed E-state index contributed by atoms with van der Waals surface area (Å²) < 4.78 is 3.06. The zero-order valence-electron chi connectivity index (χ0n) is 10.1. The first-order chi connectivity index (χ1) is 7.60. The summed E-state index contributed by atoms with van der Waals surface area (Å²) >= 11 is 9.40. The number of rotatable bonds is 6. The molecule has 0 aliphatic rings. The van der Waals surface area contributed by atoms with Gasteiger partial charge in [-0.3, -0.25) is 9.58 Å². The number of aryl methyl sites for hydroxylation is 2. The van der Waals surface area contributed by atoms with Crippen LogP contribution in [0.1, 0.15) is 24.7 Å². The molecule has 0 unspecified atom stereocenters. The molecular formula is C11H19BrClN3.